The first-order valence-corrected chi connectivity index (χ1v) is 13.2. The van der Waals surface area contributed by atoms with E-state index in [0.29, 0.717) is 66.9 Å². The van der Waals surface area contributed by atoms with Gasteiger partial charge in [-0.25, -0.2) is 0 Å². The van der Waals surface area contributed by atoms with Gasteiger partial charge in [0.2, 0.25) is 5.75 Å². The number of aliphatic hydroxyl groups excluding tert-OH is 1. The van der Waals surface area contributed by atoms with Gasteiger partial charge in [-0.3, -0.25) is 14.5 Å². The van der Waals surface area contributed by atoms with Crippen molar-refractivity contribution in [2.75, 3.05) is 67.3 Å². The fourth-order valence-electron chi connectivity index (χ4n) is 5.03. The summed E-state index contributed by atoms with van der Waals surface area (Å²) in [6.45, 7) is 8.03. The van der Waals surface area contributed by atoms with E-state index in [2.05, 4.69) is 11.5 Å². The highest BCUT2D eigenvalue weighted by atomic mass is 16.5. The summed E-state index contributed by atoms with van der Waals surface area (Å²) in [6.07, 6.45) is 2.27. The Morgan fingerprint density at radius 1 is 1.02 bits per heavy atom. The summed E-state index contributed by atoms with van der Waals surface area (Å²) in [5.41, 5.74) is 0.924. The molecular formula is C30H36N2O8. The molecule has 0 bridgehead atoms. The van der Waals surface area contributed by atoms with E-state index in [-0.39, 0.29) is 11.3 Å². The van der Waals surface area contributed by atoms with Crippen LogP contribution in [0.3, 0.4) is 0 Å². The molecule has 2 aliphatic rings. The number of rotatable bonds is 12. The number of carbonyl (C=O) groups is 2. The van der Waals surface area contributed by atoms with Crippen LogP contribution in [-0.4, -0.2) is 93.9 Å². The lowest BCUT2D eigenvalue weighted by molar-refractivity contribution is -0.140. The molecule has 0 saturated carbocycles. The summed E-state index contributed by atoms with van der Waals surface area (Å²) < 4.78 is 27.5. The largest absolute Gasteiger partial charge is 0.507 e. The number of likely N-dealkylation sites (tertiary alicyclic amines) is 1. The first kappa shape index (κ1) is 29.0. The molecule has 0 spiro atoms. The maximum atomic E-state index is 13.5. The van der Waals surface area contributed by atoms with Crippen LogP contribution in [0.4, 0.5) is 0 Å². The van der Waals surface area contributed by atoms with E-state index in [1.54, 1.807) is 42.5 Å². The van der Waals surface area contributed by atoms with Crippen molar-refractivity contribution in [3.63, 3.8) is 0 Å². The van der Waals surface area contributed by atoms with Gasteiger partial charge in [0.25, 0.3) is 11.7 Å². The summed E-state index contributed by atoms with van der Waals surface area (Å²) in [5.74, 6) is 0.0131. The molecule has 0 radical (unpaired) electrons. The molecular weight excluding hydrogens is 516 g/mol. The van der Waals surface area contributed by atoms with E-state index in [0.717, 1.165) is 19.6 Å². The molecule has 10 heteroatoms. The van der Waals surface area contributed by atoms with Gasteiger partial charge >= 0.3 is 0 Å². The van der Waals surface area contributed by atoms with Gasteiger partial charge in [-0.05, 0) is 48.4 Å². The van der Waals surface area contributed by atoms with Gasteiger partial charge in [-0.15, -0.1) is 0 Å². The molecule has 0 aromatic heterocycles. The molecule has 1 amide bonds. The van der Waals surface area contributed by atoms with Crippen LogP contribution in [-0.2, 0) is 14.3 Å². The Kier molecular flexibility index (Phi) is 9.68. The van der Waals surface area contributed by atoms with Crippen molar-refractivity contribution >= 4 is 17.4 Å². The Bertz CT molecular complexity index is 1230. The SMILES string of the molecule is C=CCOc1ccc(/C(O)=C2\C(=O)C(=O)N(CCCN3CCOCC3)C2c2cc(OC)c(OC)c(OC)c2)cc1. The molecule has 2 fully saturated rings. The summed E-state index contributed by atoms with van der Waals surface area (Å²) in [7, 11) is 4.49. The quantitative estimate of drug-likeness (QED) is 0.183. The van der Waals surface area contributed by atoms with Crippen molar-refractivity contribution < 1.29 is 38.4 Å². The van der Waals surface area contributed by atoms with Crippen LogP contribution in [0.2, 0.25) is 0 Å². The molecule has 2 saturated heterocycles. The molecule has 2 aliphatic heterocycles. The van der Waals surface area contributed by atoms with Crippen molar-refractivity contribution in [3.8, 4) is 23.0 Å². The second-order valence-electron chi connectivity index (χ2n) is 9.38. The van der Waals surface area contributed by atoms with Gasteiger partial charge in [0.1, 0.15) is 18.1 Å². The number of hydrogen-bond acceptors (Lipinski definition) is 9. The number of amides is 1. The van der Waals surface area contributed by atoms with Crippen LogP contribution < -0.4 is 18.9 Å². The number of ketones is 1. The Morgan fingerprint density at radius 2 is 1.68 bits per heavy atom. The number of morpholine rings is 1. The monoisotopic (exact) mass is 552 g/mol. The standard InChI is InChI=1S/C30H36N2O8/c1-5-15-40-22-9-7-20(8-10-22)27(33)25-26(21-18-23(36-2)29(38-4)24(19-21)37-3)32(30(35)28(25)34)12-6-11-31-13-16-39-17-14-31/h5,7-10,18-19,26,33H,1,6,11-17H2,2-4H3/b27-25+. The van der Waals surface area contributed by atoms with Crippen molar-refractivity contribution in [3.05, 3.63) is 65.8 Å². The summed E-state index contributed by atoms with van der Waals surface area (Å²) in [6, 6.07) is 9.20. The Hall–Kier alpha value is -4.02. The minimum Gasteiger partial charge on any atom is -0.507 e. The fourth-order valence-corrected chi connectivity index (χ4v) is 5.03. The van der Waals surface area contributed by atoms with Gasteiger partial charge in [0.05, 0.1) is 46.2 Å². The van der Waals surface area contributed by atoms with Gasteiger partial charge in [0.15, 0.2) is 11.5 Å². The zero-order chi connectivity index (χ0) is 28.6. The van der Waals surface area contributed by atoms with E-state index >= 15 is 0 Å². The van der Waals surface area contributed by atoms with Crippen LogP contribution >= 0.6 is 0 Å². The Labute approximate surface area is 234 Å². The number of hydrogen-bond donors (Lipinski definition) is 1. The molecule has 4 rings (SSSR count). The molecule has 2 aromatic rings. The predicted octanol–water partition coefficient (Wildman–Crippen LogP) is 3.42. The van der Waals surface area contributed by atoms with Gasteiger partial charge in [0, 0.05) is 31.7 Å². The highest BCUT2D eigenvalue weighted by Gasteiger charge is 2.46. The highest BCUT2D eigenvalue weighted by Crippen LogP contribution is 2.45. The number of nitrogens with zero attached hydrogens (tertiary/aromatic N) is 2. The maximum Gasteiger partial charge on any atom is 0.295 e. The van der Waals surface area contributed by atoms with Crippen LogP contribution in [0.25, 0.3) is 5.76 Å². The number of aliphatic hydroxyl groups is 1. The lowest BCUT2D eigenvalue weighted by Crippen LogP contribution is -2.39. The predicted molar refractivity (Wildman–Crippen MR) is 149 cm³/mol. The number of benzene rings is 2. The van der Waals surface area contributed by atoms with E-state index in [1.807, 2.05) is 0 Å². The third-order valence-corrected chi connectivity index (χ3v) is 7.02. The lowest BCUT2D eigenvalue weighted by atomic mass is 9.94. The highest BCUT2D eigenvalue weighted by molar-refractivity contribution is 6.46. The third kappa shape index (κ3) is 6.08. The average Bonchev–Trinajstić information content (AvgIpc) is 3.24. The lowest BCUT2D eigenvalue weighted by Gasteiger charge is -2.29. The van der Waals surface area contributed by atoms with Crippen molar-refractivity contribution in [2.45, 2.75) is 12.5 Å². The Balaban J connectivity index is 1.75. The first-order chi connectivity index (χ1) is 19.4. The fraction of sp³-hybridized carbons (Fsp3) is 0.400. The van der Waals surface area contributed by atoms with Crippen molar-refractivity contribution in [1.82, 2.24) is 9.80 Å². The van der Waals surface area contributed by atoms with Crippen LogP contribution in [0.5, 0.6) is 23.0 Å². The molecule has 1 N–H and O–H groups in total. The molecule has 1 atom stereocenters. The van der Waals surface area contributed by atoms with Gasteiger partial charge in [-0.2, -0.15) is 0 Å². The molecule has 0 aliphatic carbocycles. The first-order valence-electron chi connectivity index (χ1n) is 13.2. The molecule has 10 nitrogen and oxygen atoms in total. The zero-order valence-electron chi connectivity index (χ0n) is 23.2. The van der Waals surface area contributed by atoms with Crippen molar-refractivity contribution in [1.29, 1.82) is 0 Å². The average molecular weight is 553 g/mol. The molecule has 2 aromatic carbocycles. The number of carbonyl (C=O) groups excluding carboxylic acids is 2. The van der Waals surface area contributed by atoms with Gasteiger partial charge < -0.3 is 33.7 Å². The Morgan fingerprint density at radius 3 is 2.25 bits per heavy atom. The third-order valence-electron chi connectivity index (χ3n) is 7.02. The zero-order valence-corrected chi connectivity index (χ0v) is 23.2. The second-order valence-corrected chi connectivity index (χ2v) is 9.38. The molecule has 2 heterocycles. The topological polar surface area (TPSA) is 107 Å². The molecule has 1 unspecified atom stereocenters. The maximum absolute atomic E-state index is 13.5. The van der Waals surface area contributed by atoms with Crippen LogP contribution in [0, 0.1) is 0 Å². The molecule has 214 valence electrons. The van der Waals surface area contributed by atoms with Crippen LogP contribution in [0.1, 0.15) is 23.6 Å². The minimum atomic E-state index is -0.866. The molecule has 40 heavy (non-hydrogen) atoms. The number of Topliss-reactive ketones (excluding diaryl/α,β-unsaturated/α-hetero) is 1. The van der Waals surface area contributed by atoms with Crippen LogP contribution in [0.15, 0.2) is 54.6 Å². The summed E-state index contributed by atoms with van der Waals surface area (Å²) >= 11 is 0. The van der Waals surface area contributed by atoms with Crippen molar-refractivity contribution in [2.24, 2.45) is 0 Å². The minimum absolute atomic E-state index is 0.00888. The van der Waals surface area contributed by atoms with E-state index < -0.39 is 17.7 Å². The smallest absolute Gasteiger partial charge is 0.295 e. The van der Waals surface area contributed by atoms with E-state index in [9.17, 15) is 14.7 Å². The van der Waals surface area contributed by atoms with E-state index in [4.69, 9.17) is 23.7 Å². The van der Waals surface area contributed by atoms with E-state index in [1.165, 1.54) is 26.2 Å². The number of methoxy groups -OCH3 is 3. The second kappa shape index (κ2) is 13.4. The summed E-state index contributed by atoms with van der Waals surface area (Å²) in [5, 5.41) is 11.4. The number of ether oxygens (including phenoxy) is 5. The van der Waals surface area contributed by atoms with Gasteiger partial charge in [-0.1, -0.05) is 12.7 Å². The summed E-state index contributed by atoms with van der Waals surface area (Å²) in [4.78, 5) is 30.6. The normalized spacial score (nSPS) is 19.0.